The van der Waals surface area contributed by atoms with E-state index in [1.165, 1.54) is 0 Å². The van der Waals surface area contributed by atoms with E-state index in [0.717, 1.165) is 18.8 Å². The fourth-order valence-corrected chi connectivity index (χ4v) is 0.986. The summed E-state index contributed by atoms with van der Waals surface area (Å²) in [5.74, 6) is 0.753. The predicted octanol–water partition coefficient (Wildman–Crippen LogP) is -0.201. The lowest BCUT2D eigenvalue weighted by molar-refractivity contribution is -0.128. The lowest BCUT2D eigenvalue weighted by Crippen LogP contribution is -2.08. The van der Waals surface area contributed by atoms with Crippen LogP contribution in [0.15, 0.2) is 0 Å². The predicted molar refractivity (Wildman–Crippen MR) is 43.8 cm³/mol. The van der Waals surface area contributed by atoms with Crippen molar-refractivity contribution in [2.75, 3.05) is 6.61 Å². The van der Waals surface area contributed by atoms with Crippen LogP contribution in [0.4, 0.5) is 0 Å². The van der Waals surface area contributed by atoms with Crippen LogP contribution in [-0.2, 0) is 22.5 Å². The van der Waals surface area contributed by atoms with Gasteiger partial charge in [0.15, 0.2) is 5.82 Å². The maximum Gasteiger partial charge on any atom is 0.293 e. The van der Waals surface area contributed by atoms with Gasteiger partial charge in [0, 0.05) is 13.0 Å². The topological polar surface area (TPSA) is 69.9 Å². The second-order valence-electron chi connectivity index (χ2n) is 2.54. The number of ether oxygens (including phenoxy) is 1. The molecule has 72 valence electrons. The molecule has 0 fully saturated rings. The van der Waals surface area contributed by atoms with Gasteiger partial charge in [-0.05, 0) is 16.8 Å². The summed E-state index contributed by atoms with van der Waals surface area (Å²) in [5, 5.41) is 11.1. The molecular formula is C7H12N4O2. The van der Waals surface area contributed by atoms with E-state index in [0.29, 0.717) is 19.5 Å². The van der Waals surface area contributed by atoms with Crippen molar-refractivity contribution in [3.8, 4) is 0 Å². The molecule has 0 aliphatic carbocycles. The van der Waals surface area contributed by atoms with Crippen LogP contribution in [0, 0.1) is 0 Å². The van der Waals surface area contributed by atoms with E-state index >= 15 is 0 Å². The van der Waals surface area contributed by atoms with Gasteiger partial charge < -0.3 is 4.74 Å². The number of tetrazole rings is 1. The van der Waals surface area contributed by atoms with Crippen LogP contribution in [0.2, 0.25) is 0 Å². The van der Waals surface area contributed by atoms with Gasteiger partial charge in [-0.3, -0.25) is 4.79 Å². The molecule has 0 bridgehead atoms. The SMILES string of the molecule is CCCn1nnnc1CCOC=O. The quantitative estimate of drug-likeness (QED) is 0.452. The fraction of sp³-hybridized carbons (Fsp3) is 0.714. The molecule has 0 radical (unpaired) electrons. The third-order valence-electron chi connectivity index (χ3n) is 1.55. The molecular weight excluding hydrogens is 172 g/mol. The second kappa shape index (κ2) is 5.23. The molecule has 0 aliphatic rings. The largest absolute Gasteiger partial charge is 0.467 e. The third-order valence-corrected chi connectivity index (χ3v) is 1.55. The molecule has 1 heterocycles. The Labute approximate surface area is 75.9 Å². The Hall–Kier alpha value is -1.46. The minimum absolute atomic E-state index is 0.327. The smallest absolute Gasteiger partial charge is 0.293 e. The van der Waals surface area contributed by atoms with E-state index in [9.17, 15) is 4.79 Å². The molecule has 0 unspecified atom stereocenters. The monoisotopic (exact) mass is 184 g/mol. The van der Waals surface area contributed by atoms with Crippen molar-refractivity contribution in [1.82, 2.24) is 20.2 Å². The van der Waals surface area contributed by atoms with Crippen LogP contribution in [0.3, 0.4) is 0 Å². The van der Waals surface area contributed by atoms with Gasteiger partial charge in [-0.1, -0.05) is 6.92 Å². The van der Waals surface area contributed by atoms with Crippen LogP contribution in [0.1, 0.15) is 19.2 Å². The van der Waals surface area contributed by atoms with Crippen LogP contribution < -0.4 is 0 Å². The number of nitrogens with zero attached hydrogens (tertiary/aromatic N) is 4. The zero-order valence-electron chi connectivity index (χ0n) is 7.51. The highest BCUT2D eigenvalue weighted by Gasteiger charge is 2.03. The lowest BCUT2D eigenvalue weighted by Gasteiger charge is -2.00. The highest BCUT2D eigenvalue weighted by atomic mass is 16.5. The minimum Gasteiger partial charge on any atom is -0.467 e. The van der Waals surface area contributed by atoms with E-state index in [2.05, 4.69) is 20.3 Å². The van der Waals surface area contributed by atoms with Gasteiger partial charge in [0.25, 0.3) is 6.47 Å². The van der Waals surface area contributed by atoms with Gasteiger partial charge in [0.05, 0.1) is 6.61 Å². The fourth-order valence-electron chi connectivity index (χ4n) is 0.986. The van der Waals surface area contributed by atoms with Crippen molar-refractivity contribution in [2.24, 2.45) is 0 Å². The summed E-state index contributed by atoms with van der Waals surface area (Å²) >= 11 is 0. The minimum atomic E-state index is 0.327. The van der Waals surface area contributed by atoms with Crippen molar-refractivity contribution in [3.05, 3.63) is 5.82 Å². The molecule has 0 atom stereocenters. The van der Waals surface area contributed by atoms with Crippen molar-refractivity contribution in [2.45, 2.75) is 26.3 Å². The number of carbonyl (C=O) groups is 1. The third kappa shape index (κ3) is 2.81. The van der Waals surface area contributed by atoms with E-state index < -0.39 is 0 Å². The molecule has 0 spiro atoms. The van der Waals surface area contributed by atoms with E-state index in [4.69, 9.17) is 0 Å². The normalized spacial score (nSPS) is 9.92. The maximum atomic E-state index is 9.86. The van der Waals surface area contributed by atoms with E-state index in [1.54, 1.807) is 4.68 Å². The molecule has 0 saturated carbocycles. The summed E-state index contributed by atoms with van der Waals surface area (Å²) in [7, 11) is 0. The summed E-state index contributed by atoms with van der Waals surface area (Å²) in [4.78, 5) is 9.86. The van der Waals surface area contributed by atoms with Crippen LogP contribution in [-0.4, -0.2) is 33.3 Å². The van der Waals surface area contributed by atoms with Crippen molar-refractivity contribution in [3.63, 3.8) is 0 Å². The second-order valence-corrected chi connectivity index (χ2v) is 2.54. The standard InChI is InChI=1S/C7H12N4O2/c1-2-4-11-7(8-9-10-11)3-5-13-6-12/h6H,2-5H2,1H3. The summed E-state index contributed by atoms with van der Waals surface area (Å²) in [6.07, 6.45) is 1.54. The van der Waals surface area contributed by atoms with Crippen LogP contribution in [0.5, 0.6) is 0 Å². The highest BCUT2D eigenvalue weighted by Crippen LogP contribution is 1.95. The van der Waals surface area contributed by atoms with Gasteiger partial charge in [-0.2, -0.15) is 0 Å². The number of aromatic nitrogens is 4. The first-order chi connectivity index (χ1) is 6.38. The molecule has 0 aromatic carbocycles. The molecule has 0 aliphatic heterocycles. The lowest BCUT2D eigenvalue weighted by atomic mass is 10.4. The van der Waals surface area contributed by atoms with E-state index in [-0.39, 0.29) is 0 Å². The molecule has 0 N–H and O–H groups in total. The Kier molecular flexibility index (Phi) is 3.87. The molecule has 1 aromatic rings. The Morgan fingerprint density at radius 2 is 2.46 bits per heavy atom. The maximum absolute atomic E-state index is 9.86. The number of rotatable bonds is 6. The van der Waals surface area contributed by atoms with Crippen molar-refractivity contribution in [1.29, 1.82) is 0 Å². The summed E-state index contributed by atoms with van der Waals surface area (Å²) < 4.78 is 6.27. The summed E-state index contributed by atoms with van der Waals surface area (Å²) in [5.41, 5.74) is 0. The average Bonchev–Trinajstić information content (AvgIpc) is 2.54. The van der Waals surface area contributed by atoms with Crippen LogP contribution in [0.25, 0.3) is 0 Å². The Morgan fingerprint density at radius 1 is 1.62 bits per heavy atom. The Morgan fingerprint density at radius 3 is 3.15 bits per heavy atom. The Bertz CT molecular complexity index is 261. The number of hydrogen-bond donors (Lipinski definition) is 0. The number of carbonyl (C=O) groups excluding carboxylic acids is 1. The van der Waals surface area contributed by atoms with Gasteiger partial charge in [0.1, 0.15) is 0 Å². The summed E-state index contributed by atoms with van der Waals surface area (Å²) in [6.45, 7) is 3.60. The molecule has 1 aromatic heterocycles. The molecule has 1 rings (SSSR count). The molecule has 13 heavy (non-hydrogen) atoms. The first-order valence-electron chi connectivity index (χ1n) is 4.18. The average molecular weight is 184 g/mol. The zero-order valence-corrected chi connectivity index (χ0v) is 7.51. The molecule has 6 heteroatoms. The van der Waals surface area contributed by atoms with Gasteiger partial charge in [-0.25, -0.2) is 4.68 Å². The van der Waals surface area contributed by atoms with Crippen molar-refractivity contribution >= 4 is 6.47 Å². The first kappa shape index (κ1) is 9.63. The molecule has 0 saturated heterocycles. The summed E-state index contributed by atoms with van der Waals surface area (Å²) in [6, 6.07) is 0. The zero-order chi connectivity index (χ0) is 9.52. The van der Waals surface area contributed by atoms with Crippen molar-refractivity contribution < 1.29 is 9.53 Å². The van der Waals surface area contributed by atoms with E-state index in [1.807, 2.05) is 6.92 Å². The Balaban J connectivity index is 2.44. The number of hydrogen-bond acceptors (Lipinski definition) is 5. The molecule has 6 nitrogen and oxygen atoms in total. The van der Waals surface area contributed by atoms with Gasteiger partial charge in [0.2, 0.25) is 0 Å². The molecule has 0 amide bonds. The van der Waals surface area contributed by atoms with Crippen LogP contribution >= 0.6 is 0 Å². The first-order valence-corrected chi connectivity index (χ1v) is 4.18. The number of aryl methyl sites for hydroxylation is 1. The van der Waals surface area contributed by atoms with Gasteiger partial charge in [-0.15, -0.1) is 5.10 Å². The highest BCUT2D eigenvalue weighted by molar-refractivity contribution is 5.36. The van der Waals surface area contributed by atoms with Gasteiger partial charge >= 0.3 is 0 Å².